The van der Waals surface area contributed by atoms with Crippen molar-refractivity contribution in [2.45, 2.75) is 19.9 Å². The Morgan fingerprint density at radius 1 is 1.26 bits per heavy atom. The first kappa shape index (κ1) is 15.6. The first-order valence-corrected chi connectivity index (χ1v) is 6.55. The lowest BCUT2D eigenvalue weighted by Crippen LogP contribution is -2.17. The number of hydrogen-bond acceptors (Lipinski definition) is 4. The molecule has 0 radical (unpaired) electrons. The fourth-order valence-electron chi connectivity index (χ4n) is 1.73. The number of nitriles is 1. The fourth-order valence-corrected chi connectivity index (χ4v) is 1.73. The summed E-state index contributed by atoms with van der Waals surface area (Å²) in [6.07, 6.45) is 0.985. The molecule has 1 rings (SSSR count). The molecule has 0 unspecified atom stereocenters. The van der Waals surface area contributed by atoms with E-state index in [1.165, 1.54) is 5.56 Å². The van der Waals surface area contributed by atoms with E-state index < -0.39 is 0 Å². The lowest BCUT2D eigenvalue weighted by Gasteiger charge is -2.08. The number of nitrogens with zero attached hydrogens (tertiary/aromatic N) is 1. The van der Waals surface area contributed by atoms with Gasteiger partial charge in [0.2, 0.25) is 0 Å². The monoisotopic (exact) mass is 262 g/mol. The van der Waals surface area contributed by atoms with Gasteiger partial charge in [-0.1, -0.05) is 6.07 Å². The Morgan fingerprint density at radius 3 is 2.79 bits per heavy atom. The normalized spacial score (nSPS) is 10.4. The van der Waals surface area contributed by atoms with Gasteiger partial charge in [-0.3, -0.25) is 0 Å². The van der Waals surface area contributed by atoms with Crippen LogP contribution in [0, 0.1) is 18.3 Å². The van der Waals surface area contributed by atoms with Crippen LogP contribution in [0.2, 0.25) is 0 Å². The highest BCUT2D eigenvalue weighted by atomic mass is 16.5. The molecule has 0 spiro atoms. The molecule has 1 aromatic rings. The Morgan fingerprint density at radius 2 is 2.11 bits per heavy atom. The van der Waals surface area contributed by atoms with Crippen molar-refractivity contribution < 1.29 is 9.47 Å². The minimum atomic E-state index is 0.651. The predicted octanol–water partition coefficient (Wildman–Crippen LogP) is 2.01. The van der Waals surface area contributed by atoms with Crippen LogP contribution in [0.1, 0.15) is 23.1 Å². The van der Waals surface area contributed by atoms with Crippen molar-refractivity contribution in [3.8, 4) is 6.07 Å². The number of methoxy groups -OCH3 is 1. The average Bonchev–Trinajstić information content (AvgIpc) is 2.43. The number of ether oxygens (including phenoxy) is 2. The summed E-state index contributed by atoms with van der Waals surface area (Å²) in [5.41, 5.74) is 3.11. The second-order valence-corrected chi connectivity index (χ2v) is 4.39. The maximum Gasteiger partial charge on any atom is 0.0991 e. The van der Waals surface area contributed by atoms with Crippen LogP contribution in [0.25, 0.3) is 0 Å². The fraction of sp³-hybridized carbons (Fsp3) is 0.533. The molecule has 0 amide bonds. The van der Waals surface area contributed by atoms with E-state index in [2.05, 4.69) is 11.4 Å². The van der Waals surface area contributed by atoms with Gasteiger partial charge >= 0.3 is 0 Å². The molecule has 0 saturated carbocycles. The highest BCUT2D eigenvalue weighted by molar-refractivity contribution is 5.37. The Kier molecular flexibility index (Phi) is 7.83. The number of rotatable bonds is 9. The molecule has 104 valence electrons. The first-order chi connectivity index (χ1) is 9.27. The Balaban J connectivity index is 2.14. The third-order valence-electron chi connectivity index (χ3n) is 2.86. The van der Waals surface area contributed by atoms with Gasteiger partial charge < -0.3 is 14.8 Å². The molecular formula is C15H22N2O2. The zero-order valence-corrected chi connectivity index (χ0v) is 11.7. The Bertz CT molecular complexity index is 413. The first-order valence-electron chi connectivity index (χ1n) is 6.55. The minimum Gasteiger partial charge on any atom is -0.382 e. The highest BCUT2D eigenvalue weighted by Gasteiger charge is 1.99. The number of aryl methyl sites for hydroxylation is 1. The van der Waals surface area contributed by atoms with Crippen molar-refractivity contribution in [2.75, 3.05) is 33.5 Å². The third-order valence-corrected chi connectivity index (χ3v) is 2.86. The van der Waals surface area contributed by atoms with Crippen molar-refractivity contribution in [1.82, 2.24) is 5.32 Å². The van der Waals surface area contributed by atoms with Gasteiger partial charge in [0.1, 0.15) is 0 Å². The summed E-state index contributed by atoms with van der Waals surface area (Å²) in [7, 11) is 1.67. The van der Waals surface area contributed by atoms with Crippen LogP contribution in [-0.2, 0) is 16.0 Å². The maximum absolute atomic E-state index is 8.80. The van der Waals surface area contributed by atoms with Crippen LogP contribution < -0.4 is 5.32 Å². The van der Waals surface area contributed by atoms with Crippen molar-refractivity contribution >= 4 is 0 Å². The summed E-state index contributed by atoms with van der Waals surface area (Å²) in [5.74, 6) is 0. The van der Waals surface area contributed by atoms with Gasteiger partial charge in [-0.25, -0.2) is 0 Å². The summed E-state index contributed by atoms with van der Waals surface area (Å²) in [5, 5.41) is 12.2. The Labute approximate surface area is 115 Å². The molecule has 0 aliphatic carbocycles. The van der Waals surface area contributed by atoms with E-state index >= 15 is 0 Å². The van der Waals surface area contributed by atoms with Crippen LogP contribution in [0.3, 0.4) is 0 Å². The van der Waals surface area contributed by atoms with Gasteiger partial charge in [0.15, 0.2) is 0 Å². The second kappa shape index (κ2) is 9.51. The van der Waals surface area contributed by atoms with E-state index in [9.17, 15) is 0 Å². The van der Waals surface area contributed by atoms with E-state index in [1.54, 1.807) is 7.11 Å². The quantitative estimate of drug-likeness (QED) is 0.692. The van der Waals surface area contributed by atoms with Crippen molar-refractivity contribution in [3.63, 3.8) is 0 Å². The standard InChI is InChI=1S/C15H22N2O2/c1-13-10-14(11-16)4-5-15(13)12-17-6-3-7-19-9-8-18-2/h4-5,10,17H,3,6-9,12H2,1-2H3. The molecule has 0 atom stereocenters. The Hall–Kier alpha value is -1.41. The van der Waals surface area contributed by atoms with E-state index in [1.807, 2.05) is 25.1 Å². The van der Waals surface area contributed by atoms with Crippen LogP contribution in [0.5, 0.6) is 0 Å². The second-order valence-electron chi connectivity index (χ2n) is 4.39. The van der Waals surface area contributed by atoms with Gasteiger partial charge in [0, 0.05) is 20.3 Å². The average molecular weight is 262 g/mol. The summed E-state index contributed by atoms with van der Waals surface area (Å²) in [6, 6.07) is 7.94. The number of hydrogen-bond donors (Lipinski definition) is 1. The molecular weight excluding hydrogens is 240 g/mol. The van der Waals surface area contributed by atoms with E-state index in [-0.39, 0.29) is 0 Å². The van der Waals surface area contributed by atoms with Crippen molar-refractivity contribution in [2.24, 2.45) is 0 Å². The number of nitrogens with one attached hydrogen (secondary N) is 1. The topological polar surface area (TPSA) is 54.3 Å². The highest BCUT2D eigenvalue weighted by Crippen LogP contribution is 2.10. The van der Waals surface area contributed by atoms with Crippen LogP contribution in [0.15, 0.2) is 18.2 Å². The summed E-state index contributed by atoms with van der Waals surface area (Å²) >= 11 is 0. The largest absolute Gasteiger partial charge is 0.382 e. The van der Waals surface area contributed by atoms with Gasteiger partial charge in [0.25, 0.3) is 0 Å². The summed E-state index contributed by atoms with van der Waals surface area (Å²) < 4.78 is 10.3. The molecule has 4 nitrogen and oxygen atoms in total. The van der Waals surface area contributed by atoms with Crippen LogP contribution in [0.4, 0.5) is 0 Å². The van der Waals surface area contributed by atoms with Gasteiger partial charge in [0.05, 0.1) is 24.8 Å². The van der Waals surface area contributed by atoms with Gasteiger partial charge in [-0.2, -0.15) is 5.26 Å². The molecule has 0 aliphatic rings. The zero-order valence-electron chi connectivity index (χ0n) is 11.7. The van der Waals surface area contributed by atoms with Crippen molar-refractivity contribution in [3.05, 3.63) is 34.9 Å². The van der Waals surface area contributed by atoms with E-state index in [4.69, 9.17) is 14.7 Å². The molecule has 0 bridgehead atoms. The molecule has 0 saturated heterocycles. The van der Waals surface area contributed by atoms with Crippen LogP contribution in [-0.4, -0.2) is 33.5 Å². The maximum atomic E-state index is 8.80. The van der Waals surface area contributed by atoms with Gasteiger partial charge in [-0.05, 0) is 43.1 Å². The molecule has 4 heteroatoms. The minimum absolute atomic E-state index is 0.651. The van der Waals surface area contributed by atoms with E-state index in [0.717, 1.165) is 31.7 Å². The molecule has 0 fully saturated rings. The van der Waals surface area contributed by atoms with E-state index in [0.29, 0.717) is 18.8 Å². The molecule has 0 aromatic heterocycles. The number of benzene rings is 1. The van der Waals surface area contributed by atoms with Gasteiger partial charge in [-0.15, -0.1) is 0 Å². The molecule has 1 N–H and O–H groups in total. The van der Waals surface area contributed by atoms with Crippen molar-refractivity contribution in [1.29, 1.82) is 5.26 Å². The SMILES string of the molecule is COCCOCCCNCc1ccc(C#N)cc1C. The molecule has 0 aliphatic heterocycles. The summed E-state index contributed by atoms with van der Waals surface area (Å²) in [6.45, 7) is 5.85. The lowest BCUT2D eigenvalue weighted by molar-refractivity contribution is 0.0695. The lowest BCUT2D eigenvalue weighted by atomic mass is 10.1. The summed E-state index contributed by atoms with van der Waals surface area (Å²) in [4.78, 5) is 0. The third kappa shape index (κ3) is 6.35. The predicted molar refractivity (Wildman–Crippen MR) is 74.9 cm³/mol. The molecule has 19 heavy (non-hydrogen) atoms. The zero-order chi connectivity index (χ0) is 13.9. The molecule has 0 heterocycles. The molecule has 1 aromatic carbocycles. The van der Waals surface area contributed by atoms with Crippen LogP contribution >= 0.6 is 0 Å². The smallest absolute Gasteiger partial charge is 0.0991 e.